The lowest BCUT2D eigenvalue weighted by Gasteiger charge is -2.11. The molecule has 130 valence electrons. The molecule has 0 amide bonds. The van der Waals surface area contributed by atoms with E-state index in [2.05, 4.69) is 60.9 Å². The van der Waals surface area contributed by atoms with Gasteiger partial charge in [-0.15, -0.1) is 0 Å². The van der Waals surface area contributed by atoms with Gasteiger partial charge in [0, 0.05) is 17.8 Å². The van der Waals surface area contributed by atoms with Gasteiger partial charge in [-0.3, -0.25) is 0 Å². The van der Waals surface area contributed by atoms with Gasteiger partial charge in [0.25, 0.3) is 0 Å². The zero-order valence-electron chi connectivity index (χ0n) is 15.2. The van der Waals surface area contributed by atoms with Crippen molar-refractivity contribution < 1.29 is 0 Å². The maximum atomic E-state index is 5.85. The van der Waals surface area contributed by atoms with Gasteiger partial charge in [0.2, 0.25) is 0 Å². The second-order valence-electron chi connectivity index (χ2n) is 7.03. The molecule has 0 spiro atoms. The minimum Gasteiger partial charge on any atom is -0.399 e. The first-order valence-electron chi connectivity index (χ1n) is 9.02. The summed E-state index contributed by atoms with van der Waals surface area (Å²) in [6.07, 6.45) is 0. The van der Waals surface area contributed by atoms with Crippen molar-refractivity contribution in [2.45, 2.75) is 26.3 Å². The number of fused-ring (bicyclic) bond motifs is 1. The lowest BCUT2D eigenvalue weighted by Crippen LogP contribution is -2.02. The quantitative estimate of drug-likeness (QED) is 0.501. The second-order valence-corrected chi connectivity index (χ2v) is 7.03. The third-order valence-corrected chi connectivity index (χ3v) is 4.81. The van der Waals surface area contributed by atoms with Gasteiger partial charge in [-0.1, -0.05) is 50.2 Å². The normalized spacial score (nSPS) is 11.3. The van der Waals surface area contributed by atoms with Crippen LogP contribution in [0.25, 0.3) is 22.4 Å². The molecular formula is C23H23N3. The van der Waals surface area contributed by atoms with Gasteiger partial charge in [0.1, 0.15) is 5.82 Å². The fraction of sp³-hybridized carbons (Fsp3) is 0.174. The first-order chi connectivity index (χ1) is 12.6. The number of hydrogen-bond acceptors (Lipinski definition) is 2. The molecule has 0 fully saturated rings. The van der Waals surface area contributed by atoms with E-state index in [1.54, 1.807) is 0 Å². The predicted molar refractivity (Wildman–Crippen MR) is 109 cm³/mol. The van der Waals surface area contributed by atoms with E-state index in [0.29, 0.717) is 5.92 Å². The molecule has 1 aromatic heterocycles. The van der Waals surface area contributed by atoms with E-state index in [9.17, 15) is 0 Å². The molecule has 0 saturated heterocycles. The van der Waals surface area contributed by atoms with E-state index in [-0.39, 0.29) is 0 Å². The average molecular weight is 341 g/mol. The summed E-state index contributed by atoms with van der Waals surface area (Å²) in [6.45, 7) is 5.23. The molecule has 0 atom stereocenters. The lowest BCUT2D eigenvalue weighted by molar-refractivity contribution is 0.827. The van der Waals surface area contributed by atoms with Crippen LogP contribution < -0.4 is 5.73 Å². The molecule has 0 bridgehead atoms. The molecule has 3 heteroatoms. The van der Waals surface area contributed by atoms with Gasteiger partial charge in [-0.05, 0) is 53.4 Å². The Balaban J connectivity index is 1.79. The Morgan fingerprint density at radius 2 is 1.58 bits per heavy atom. The number of imidazole rings is 1. The smallest absolute Gasteiger partial charge is 0.141 e. The zero-order chi connectivity index (χ0) is 18.1. The Morgan fingerprint density at radius 3 is 2.27 bits per heavy atom. The highest BCUT2D eigenvalue weighted by Crippen LogP contribution is 2.27. The van der Waals surface area contributed by atoms with Gasteiger partial charge in [0.15, 0.2) is 0 Å². The SMILES string of the molecule is CC(C)c1ccc(Cn2c(-c3ccc(N)cc3)nc3ccccc32)cc1. The van der Waals surface area contributed by atoms with E-state index in [0.717, 1.165) is 34.7 Å². The molecule has 4 aromatic rings. The van der Waals surface area contributed by atoms with Crippen LogP contribution in [-0.2, 0) is 6.54 Å². The summed E-state index contributed by atoms with van der Waals surface area (Å²) in [4.78, 5) is 4.88. The summed E-state index contributed by atoms with van der Waals surface area (Å²) in [5, 5.41) is 0. The second kappa shape index (κ2) is 6.68. The van der Waals surface area contributed by atoms with Crippen LogP contribution in [0.5, 0.6) is 0 Å². The monoisotopic (exact) mass is 341 g/mol. The Hall–Kier alpha value is -3.07. The van der Waals surface area contributed by atoms with Crippen LogP contribution in [0.4, 0.5) is 5.69 Å². The lowest BCUT2D eigenvalue weighted by atomic mass is 10.0. The molecule has 26 heavy (non-hydrogen) atoms. The number of hydrogen-bond donors (Lipinski definition) is 1. The number of nitrogens with two attached hydrogens (primary N) is 1. The number of nitrogen functional groups attached to an aromatic ring is 1. The van der Waals surface area contributed by atoms with Crippen LogP contribution in [-0.4, -0.2) is 9.55 Å². The van der Waals surface area contributed by atoms with Crippen molar-refractivity contribution in [3.8, 4) is 11.4 Å². The van der Waals surface area contributed by atoms with Crippen molar-refractivity contribution in [2.75, 3.05) is 5.73 Å². The van der Waals surface area contributed by atoms with Gasteiger partial charge in [0.05, 0.1) is 11.0 Å². The van der Waals surface area contributed by atoms with Crippen LogP contribution >= 0.6 is 0 Å². The summed E-state index contributed by atoms with van der Waals surface area (Å²) in [6, 6.07) is 25.1. The fourth-order valence-electron chi connectivity index (χ4n) is 3.28. The van der Waals surface area contributed by atoms with Crippen molar-refractivity contribution in [3.05, 3.63) is 83.9 Å². The van der Waals surface area contributed by atoms with Crippen LogP contribution in [0.3, 0.4) is 0 Å². The van der Waals surface area contributed by atoms with Gasteiger partial charge in [-0.2, -0.15) is 0 Å². The van der Waals surface area contributed by atoms with E-state index < -0.39 is 0 Å². The minimum atomic E-state index is 0.545. The number of aromatic nitrogens is 2. The van der Waals surface area contributed by atoms with Gasteiger partial charge in [-0.25, -0.2) is 4.98 Å². The summed E-state index contributed by atoms with van der Waals surface area (Å²) >= 11 is 0. The zero-order valence-corrected chi connectivity index (χ0v) is 15.2. The van der Waals surface area contributed by atoms with E-state index in [1.807, 2.05) is 30.3 Å². The van der Waals surface area contributed by atoms with Gasteiger partial charge >= 0.3 is 0 Å². The Kier molecular flexibility index (Phi) is 4.21. The van der Waals surface area contributed by atoms with Gasteiger partial charge < -0.3 is 10.3 Å². The van der Waals surface area contributed by atoms with Crippen molar-refractivity contribution in [3.63, 3.8) is 0 Å². The average Bonchev–Trinajstić information content (AvgIpc) is 3.01. The summed E-state index contributed by atoms with van der Waals surface area (Å²) < 4.78 is 2.28. The van der Waals surface area contributed by atoms with E-state index in [1.165, 1.54) is 11.1 Å². The maximum absolute atomic E-state index is 5.85. The third kappa shape index (κ3) is 3.08. The maximum Gasteiger partial charge on any atom is 0.141 e. The molecule has 0 aliphatic heterocycles. The van der Waals surface area contributed by atoms with Crippen LogP contribution in [0.2, 0.25) is 0 Å². The van der Waals surface area contributed by atoms with E-state index in [4.69, 9.17) is 10.7 Å². The predicted octanol–water partition coefficient (Wildman–Crippen LogP) is 5.46. The number of anilines is 1. The number of para-hydroxylation sites is 2. The minimum absolute atomic E-state index is 0.545. The summed E-state index contributed by atoms with van der Waals surface area (Å²) in [5.41, 5.74) is 12.5. The molecule has 0 saturated carbocycles. The Morgan fingerprint density at radius 1 is 0.885 bits per heavy atom. The van der Waals surface area contributed by atoms with Crippen molar-refractivity contribution in [1.82, 2.24) is 9.55 Å². The summed E-state index contributed by atoms with van der Waals surface area (Å²) in [5.74, 6) is 1.52. The highest BCUT2D eigenvalue weighted by atomic mass is 15.1. The number of nitrogens with zero attached hydrogens (tertiary/aromatic N) is 2. The van der Waals surface area contributed by atoms with Crippen molar-refractivity contribution in [1.29, 1.82) is 0 Å². The standard InChI is InChI=1S/C23H23N3/c1-16(2)18-9-7-17(8-10-18)15-26-22-6-4-3-5-21(22)25-23(26)19-11-13-20(24)14-12-19/h3-14,16H,15,24H2,1-2H3. The highest BCUT2D eigenvalue weighted by Gasteiger charge is 2.13. The largest absolute Gasteiger partial charge is 0.399 e. The van der Waals surface area contributed by atoms with Crippen LogP contribution in [0.1, 0.15) is 30.9 Å². The van der Waals surface area contributed by atoms with Crippen molar-refractivity contribution in [2.24, 2.45) is 0 Å². The summed E-state index contributed by atoms with van der Waals surface area (Å²) in [7, 11) is 0. The molecule has 0 unspecified atom stereocenters. The molecular weight excluding hydrogens is 318 g/mol. The third-order valence-electron chi connectivity index (χ3n) is 4.81. The molecule has 2 N–H and O–H groups in total. The number of benzene rings is 3. The molecule has 3 nitrogen and oxygen atoms in total. The molecule has 4 rings (SSSR count). The number of rotatable bonds is 4. The molecule has 0 aliphatic carbocycles. The Labute approximate surface area is 154 Å². The van der Waals surface area contributed by atoms with Crippen LogP contribution in [0, 0.1) is 0 Å². The fourth-order valence-corrected chi connectivity index (χ4v) is 3.28. The Bertz CT molecular complexity index is 1030. The molecule has 1 heterocycles. The highest BCUT2D eigenvalue weighted by molar-refractivity contribution is 5.81. The van der Waals surface area contributed by atoms with Crippen molar-refractivity contribution >= 4 is 16.7 Å². The first-order valence-corrected chi connectivity index (χ1v) is 9.02. The molecule has 3 aromatic carbocycles. The molecule has 0 aliphatic rings. The van der Waals surface area contributed by atoms with E-state index >= 15 is 0 Å². The van der Waals surface area contributed by atoms with Crippen LogP contribution in [0.15, 0.2) is 72.8 Å². The topological polar surface area (TPSA) is 43.8 Å². The first kappa shape index (κ1) is 16.4. The molecule has 0 radical (unpaired) electrons.